The van der Waals surface area contributed by atoms with Crippen molar-refractivity contribution < 1.29 is 31.5 Å². The molecule has 0 bridgehead atoms. The summed E-state index contributed by atoms with van der Waals surface area (Å²) in [5, 5.41) is 17.2. The van der Waals surface area contributed by atoms with Crippen LogP contribution in [-0.2, 0) is 37.3 Å². The average Bonchev–Trinajstić information content (AvgIpc) is 3.59. The van der Waals surface area contributed by atoms with Gasteiger partial charge in [-0.15, -0.1) is 21.5 Å². The lowest BCUT2D eigenvalue weighted by Crippen LogP contribution is -2.29. The zero-order valence-corrected chi connectivity index (χ0v) is 22.2. The summed E-state index contributed by atoms with van der Waals surface area (Å²) in [5.74, 6) is -1.17. The molecule has 2 saturated carbocycles. The number of aromatic nitrogens is 5. The highest BCUT2D eigenvalue weighted by atomic mass is 32.1. The minimum Gasteiger partial charge on any atom is -0.352 e. The van der Waals surface area contributed by atoms with Crippen LogP contribution in [0.4, 0.5) is 33.7 Å². The molecular formula is C25H26F5N7O2S. The van der Waals surface area contributed by atoms with Crippen LogP contribution in [-0.4, -0.2) is 55.1 Å². The molecule has 0 unspecified atom stereocenters. The number of rotatable bonds is 9. The first-order valence-corrected chi connectivity index (χ1v) is 13.8. The lowest BCUT2D eigenvalue weighted by molar-refractivity contribution is -0.141. The molecule has 40 heavy (non-hydrogen) atoms. The van der Waals surface area contributed by atoms with Crippen molar-refractivity contribution in [1.29, 1.82) is 0 Å². The minimum atomic E-state index is -4.60. The van der Waals surface area contributed by atoms with Crippen LogP contribution in [0.5, 0.6) is 0 Å². The lowest BCUT2D eigenvalue weighted by Gasteiger charge is -2.25. The van der Waals surface area contributed by atoms with Gasteiger partial charge in [0.05, 0.1) is 11.5 Å². The van der Waals surface area contributed by atoms with E-state index in [1.165, 1.54) is 24.7 Å². The molecule has 0 radical (unpaired) electrons. The molecule has 3 aromatic rings. The third-order valence-electron chi connectivity index (χ3n) is 7.73. The van der Waals surface area contributed by atoms with Crippen LogP contribution in [0.1, 0.15) is 56.7 Å². The number of hydrogen-bond donors (Lipinski definition) is 2. The van der Waals surface area contributed by atoms with E-state index >= 15 is 0 Å². The number of Topliss-reactive ketones (excluding diaryl/α,β-unsaturated/α-hetero) is 1. The summed E-state index contributed by atoms with van der Waals surface area (Å²) >= 11 is 1.38. The van der Waals surface area contributed by atoms with Gasteiger partial charge in [0.1, 0.15) is 30.3 Å². The van der Waals surface area contributed by atoms with Crippen LogP contribution in [0, 0.1) is 11.8 Å². The number of carbonyl (C=O) groups is 2. The molecule has 3 aliphatic rings. The standard InChI is InChI=1S/C25H26F5N7O2S/c1-36-21(8-20(35-36)25(28,29)30)33-24-34-32-10-37(24)12-2-3-18-14(5-12)22(23(39)31-9-11-4-15(11)26)19(40-18)7-17(38)13-6-16(13)27/h8,10-13,15-16H,2-7,9H2,1H3,(H,31,39)(H,33,34)/t11-,12+,13+,15-,16-/m1/s1. The Bertz CT molecular complexity index is 1460. The van der Waals surface area contributed by atoms with Crippen molar-refractivity contribution in [2.24, 2.45) is 18.9 Å². The molecule has 0 spiro atoms. The number of alkyl halides is 5. The number of thiophene rings is 1. The molecule has 214 valence electrons. The van der Waals surface area contributed by atoms with Crippen molar-refractivity contribution in [3.8, 4) is 0 Å². The van der Waals surface area contributed by atoms with Gasteiger partial charge in [0.25, 0.3) is 5.91 Å². The fraction of sp³-hybridized carbons (Fsp3) is 0.560. The maximum absolute atomic E-state index is 13.5. The Morgan fingerprint density at radius 2 is 1.95 bits per heavy atom. The summed E-state index contributed by atoms with van der Waals surface area (Å²) in [7, 11) is 1.38. The van der Waals surface area contributed by atoms with Crippen molar-refractivity contribution in [3.05, 3.63) is 39.0 Å². The van der Waals surface area contributed by atoms with Crippen molar-refractivity contribution in [2.45, 2.75) is 63.1 Å². The van der Waals surface area contributed by atoms with Gasteiger partial charge in [0.2, 0.25) is 5.95 Å². The molecule has 5 atom stereocenters. The van der Waals surface area contributed by atoms with Gasteiger partial charge < -0.3 is 10.6 Å². The summed E-state index contributed by atoms with van der Waals surface area (Å²) in [6, 6.07) is 0.647. The largest absolute Gasteiger partial charge is 0.435 e. The molecule has 3 aromatic heterocycles. The monoisotopic (exact) mass is 583 g/mol. The Hall–Kier alpha value is -3.36. The van der Waals surface area contributed by atoms with E-state index in [0.717, 1.165) is 21.2 Å². The fourth-order valence-corrected chi connectivity index (χ4v) is 6.56. The quantitative estimate of drug-likeness (QED) is 0.367. The number of halogens is 5. The minimum absolute atomic E-state index is 0.0349. The number of nitrogens with zero attached hydrogens (tertiary/aromatic N) is 5. The van der Waals surface area contributed by atoms with Crippen LogP contribution >= 0.6 is 11.3 Å². The number of carbonyl (C=O) groups excluding carboxylic acids is 2. The second kappa shape index (κ2) is 9.93. The molecule has 3 heterocycles. The predicted octanol–water partition coefficient (Wildman–Crippen LogP) is 4.12. The molecule has 9 nitrogen and oxygen atoms in total. The summed E-state index contributed by atoms with van der Waals surface area (Å²) in [6.45, 7) is 0.195. The zero-order valence-electron chi connectivity index (χ0n) is 21.3. The molecule has 0 aliphatic heterocycles. The topological polar surface area (TPSA) is 107 Å². The van der Waals surface area contributed by atoms with Gasteiger partial charge >= 0.3 is 6.18 Å². The van der Waals surface area contributed by atoms with Crippen molar-refractivity contribution in [3.63, 3.8) is 0 Å². The SMILES string of the molecule is Cn1nc(C(F)(F)F)cc1Nc1nncn1[C@H]1CCc2sc(CC(=O)[C@H]3C[C@H]3F)c(C(=O)NC[C@H]3C[C@H]3F)c2C1. The number of amides is 1. The smallest absolute Gasteiger partial charge is 0.352 e. The maximum Gasteiger partial charge on any atom is 0.435 e. The second-order valence-electron chi connectivity index (χ2n) is 10.6. The molecule has 0 aromatic carbocycles. The Labute approximate surface area is 229 Å². The first-order valence-electron chi connectivity index (χ1n) is 13.0. The van der Waals surface area contributed by atoms with Gasteiger partial charge in [-0.05, 0) is 37.7 Å². The number of ketones is 1. The van der Waals surface area contributed by atoms with E-state index in [0.29, 0.717) is 36.1 Å². The molecule has 1 amide bonds. The number of anilines is 2. The summed E-state index contributed by atoms with van der Waals surface area (Å²) in [5.41, 5.74) is 0.105. The molecule has 3 aliphatic carbocycles. The first kappa shape index (κ1) is 26.8. The highest BCUT2D eigenvalue weighted by molar-refractivity contribution is 7.12. The van der Waals surface area contributed by atoms with Crippen LogP contribution in [0.25, 0.3) is 0 Å². The first-order chi connectivity index (χ1) is 19.0. The van der Waals surface area contributed by atoms with Gasteiger partial charge in [0.15, 0.2) is 5.69 Å². The van der Waals surface area contributed by atoms with Crippen LogP contribution in [0.3, 0.4) is 0 Å². The Balaban J connectivity index is 1.25. The highest BCUT2D eigenvalue weighted by Crippen LogP contribution is 2.42. The Kier molecular flexibility index (Phi) is 6.66. The number of hydrogen-bond acceptors (Lipinski definition) is 7. The zero-order chi connectivity index (χ0) is 28.3. The second-order valence-corrected chi connectivity index (χ2v) is 11.8. The number of aryl methyl sites for hydroxylation is 2. The van der Waals surface area contributed by atoms with Crippen molar-refractivity contribution >= 4 is 34.8 Å². The molecule has 2 fully saturated rings. The summed E-state index contributed by atoms with van der Waals surface area (Å²) in [6.07, 6.45) is -3.01. The fourth-order valence-electron chi connectivity index (χ4n) is 5.20. The molecule has 15 heteroatoms. The van der Waals surface area contributed by atoms with E-state index in [1.54, 1.807) is 4.57 Å². The van der Waals surface area contributed by atoms with Crippen LogP contribution in [0.2, 0.25) is 0 Å². The number of nitrogens with one attached hydrogen (secondary N) is 2. The van der Waals surface area contributed by atoms with Crippen LogP contribution in [0.15, 0.2) is 12.4 Å². The van der Waals surface area contributed by atoms with Crippen molar-refractivity contribution in [1.82, 2.24) is 29.9 Å². The lowest BCUT2D eigenvalue weighted by atomic mass is 9.90. The van der Waals surface area contributed by atoms with E-state index < -0.39 is 30.1 Å². The maximum atomic E-state index is 13.5. The van der Waals surface area contributed by atoms with E-state index in [4.69, 9.17) is 0 Å². The summed E-state index contributed by atoms with van der Waals surface area (Å²) in [4.78, 5) is 27.5. The number of fused-ring (bicyclic) bond motifs is 1. The van der Waals surface area contributed by atoms with Gasteiger partial charge in [-0.2, -0.15) is 18.3 Å². The highest BCUT2D eigenvalue weighted by Gasteiger charge is 2.44. The molecule has 0 saturated heterocycles. The Morgan fingerprint density at radius 1 is 1.20 bits per heavy atom. The van der Waals surface area contributed by atoms with E-state index in [-0.39, 0.29) is 54.8 Å². The third kappa shape index (κ3) is 5.22. The van der Waals surface area contributed by atoms with Gasteiger partial charge in [-0.3, -0.25) is 18.8 Å². The molecular weight excluding hydrogens is 557 g/mol. The normalized spacial score (nSPS) is 25.4. The van der Waals surface area contributed by atoms with E-state index in [1.807, 2.05) is 0 Å². The molecule has 2 N–H and O–H groups in total. The van der Waals surface area contributed by atoms with E-state index in [2.05, 4.69) is 25.9 Å². The third-order valence-corrected chi connectivity index (χ3v) is 9.03. The van der Waals surface area contributed by atoms with Crippen LogP contribution < -0.4 is 10.6 Å². The van der Waals surface area contributed by atoms with E-state index in [9.17, 15) is 31.5 Å². The van der Waals surface area contributed by atoms with Gasteiger partial charge in [-0.1, -0.05) is 0 Å². The Morgan fingerprint density at radius 3 is 2.60 bits per heavy atom. The average molecular weight is 584 g/mol. The van der Waals surface area contributed by atoms with Crippen molar-refractivity contribution in [2.75, 3.05) is 11.9 Å². The predicted molar refractivity (Wildman–Crippen MR) is 134 cm³/mol. The summed E-state index contributed by atoms with van der Waals surface area (Å²) < 4.78 is 69.1. The van der Waals surface area contributed by atoms with Gasteiger partial charge in [0, 0.05) is 47.8 Å². The van der Waals surface area contributed by atoms with Gasteiger partial charge in [-0.25, -0.2) is 8.78 Å². The molecule has 6 rings (SSSR count).